The Morgan fingerprint density at radius 2 is 1.56 bits per heavy atom. The van der Waals surface area contributed by atoms with Gasteiger partial charge in [-0.1, -0.05) is 78.7 Å². The molecule has 0 aliphatic rings. The maximum Gasteiger partial charge on any atom is 0.264 e. The summed E-state index contributed by atoms with van der Waals surface area (Å²) in [4.78, 5) is 29.7. The highest BCUT2D eigenvalue weighted by molar-refractivity contribution is 7.92. The topological polar surface area (TPSA) is 96.0 Å². The highest BCUT2D eigenvalue weighted by atomic mass is 35.5. The molecule has 45 heavy (non-hydrogen) atoms. The van der Waals surface area contributed by atoms with Crippen molar-refractivity contribution in [1.29, 1.82) is 0 Å². The highest BCUT2D eigenvalue weighted by Gasteiger charge is 2.34. The van der Waals surface area contributed by atoms with Crippen LogP contribution in [0.3, 0.4) is 0 Å². The summed E-state index contributed by atoms with van der Waals surface area (Å²) in [5.74, 6) is -0.335. The van der Waals surface area contributed by atoms with Gasteiger partial charge in [-0.15, -0.1) is 0 Å². The van der Waals surface area contributed by atoms with Crippen LogP contribution >= 0.6 is 11.6 Å². The van der Waals surface area contributed by atoms with Crippen molar-refractivity contribution in [2.75, 3.05) is 24.5 Å². The number of aryl methyl sites for hydroxylation is 1. The molecule has 0 aliphatic heterocycles. The summed E-state index contributed by atoms with van der Waals surface area (Å²) in [5.41, 5.74) is 2.74. The molecular weight excluding hydrogens is 610 g/mol. The van der Waals surface area contributed by atoms with Crippen LogP contribution in [0.25, 0.3) is 0 Å². The summed E-state index contributed by atoms with van der Waals surface area (Å²) in [6.07, 6.45) is 0.946. The zero-order valence-electron chi connectivity index (χ0n) is 25.6. The van der Waals surface area contributed by atoms with Gasteiger partial charge < -0.3 is 15.0 Å². The zero-order valence-corrected chi connectivity index (χ0v) is 27.2. The van der Waals surface area contributed by atoms with Gasteiger partial charge in [0.05, 0.1) is 17.7 Å². The van der Waals surface area contributed by atoms with E-state index in [0.29, 0.717) is 29.3 Å². The van der Waals surface area contributed by atoms with Crippen LogP contribution < -0.4 is 14.4 Å². The lowest BCUT2D eigenvalue weighted by Crippen LogP contribution is -2.53. The molecule has 0 saturated carbocycles. The SMILES string of the molecule is CCCNC(=O)C(Cc1ccccc1)N(Cc1cccc(Cl)c1)C(=O)CN(c1ccc(OC)cc1)S(=O)(=O)c1ccc(C)cc1. The summed E-state index contributed by atoms with van der Waals surface area (Å²) in [6.45, 7) is 3.74. The molecule has 236 valence electrons. The van der Waals surface area contributed by atoms with Gasteiger partial charge in [0, 0.05) is 24.5 Å². The van der Waals surface area contributed by atoms with E-state index < -0.39 is 28.5 Å². The molecule has 0 aliphatic carbocycles. The van der Waals surface area contributed by atoms with Crippen molar-refractivity contribution in [2.24, 2.45) is 0 Å². The van der Waals surface area contributed by atoms with E-state index >= 15 is 0 Å². The first-order valence-corrected chi connectivity index (χ1v) is 16.5. The molecule has 0 fully saturated rings. The number of nitrogens with one attached hydrogen (secondary N) is 1. The fourth-order valence-corrected chi connectivity index (χ4v) is 6.49. The van der Waals surface area contributed by atoms with Crippen LogP contribution in [0.4, 0.5) is 5.69 Å². The van der Waals surface area contributed by atoms with Gasteiger partial charge >= 0.3 is 0 Å². The molecule has 4 aromatic rings. The lowest BCUT2D eigenvalue weighted by atomic mass is 10.0. The third-order valence-corrected chi connectivity index (χ3v) is 9.33. The second-order valence-corrected chi connectivity index (χ2v) is 13.0. The molecule has 0 spiro atoms. The summed E-state index contributed by atoms with van der Waals surface area (Å²) < 4.78 is 34.6. The second-order valence-electron chi connectivity index (χ2n) is 10.7. The summed E-state index contributed by atoms with van der Waals surface area (Å²) >= 11 is 6.30. The van der Waals surface area contributed by atoms with Crippen LogP contribution in [-0.4, -0.2) is 51.4 Å². The van der Waals surface area contributed by atoms with E-state index in [0.717, 1.165) is 15.4 Å². The van der Waals surface area contributed by atoms with Gasteiger partial charge in [0.2, 0.25) is 11.8 Å². The second kappa shape index (κ2) is 15.6. The standard InChI is InChI=1S/C35H38ClN3O5S/c1-4-21-37-35(41)33(23-27-9-6-5-7-10-27)38(24-28-11-8-12-29(36)22-28)34(40)25-39(30-15-17-31(44-3)18-16-30)45(42,43)32-19-13-26(2)14-20-32/h5-20,22,33H,4,21,23-25H2,1-3H3,(H,37,41). The number of amides is 2. The molecule has 4 rings (SSSR count). The molecule has 2 amide bonds. The van der Waals surface area contributed by atoms with Crippen LogP contribution in [0.1, 0.15) is 30.0 Å². The maximum absolute atomic E-state index is 14.5. The van der Waals surface area contributed by atoms with Gasteiger partial charge in [0.15, 0.2) is 0 Å². The number of hydrogen-bond acceptors (Lipinski definition) is 5. The van der Waals surface area contributed by atoms with Crippen LogP contribution in [-0.2, 0) is 32.6 Å². The Labute approximate surface area is 270 Å². The molecule has 1 N–H and O–H groups in total. The number of carbonyl (C=O) groups excluding carboxylic acids is 2. The van der Waals surface area contributed by atoms with Crippen molar-refractivity contribution >= 4 is 39.1 Å². The van der Waals surface area contributed by atoms with Gasteiger partial charge in [-0.3, -0.25) is 13.9 Å². The van der Waals surface area contributed by atoms with Crippen molar-refractivity contribution < 1.29 is 22.7 Å². The number of anilines is 1. The highest BCUT2D eigenvalue weighted by Crippen LogP contribution is 2.27. The minimum absolute atomic E-state index is 0.0392. The number of carbonyl (C=O) groups is 2. The number of hydrogen-bond donors (Lipinski definition) is 1. The van der Waals surface area contributed by atoms with Crippen LogP contribution in [0.5, 0.6) is 5.75 Å². The number of methoxy groups -OCH3 is 1. The lowest BCUT2D eigenvalue weighted by molar-refractivity contribution is -0.140. The van der Waals surface area contributed by atoms with Gasteiger partial charge in [0.1, 0.15) is 18.3 Å². The van der Waals surface area contributed by atoms with Crippen molar-refractivity contribution in [3.05, 3.63) is 125 Å². The smallest absolute Gasteiger partial charge is 0.264 e. The molecule has 8 nitrogen and oxygen atoms in total. The Kier molecular flexibility index (Phi) is 11.6. The van der Waals surface area contributed by atoms with E-state index in [1.807, 2.05) is 50.2 Å². The summed E-state index contributed by atoms with van der Waals surface area (Å²) in [5, 5.41) is 3.42. The molecule has 0 saturated heterocycles. The van der Waals surface area contributed by atoms with E-state index in [-0.39, 0.29) is 29.5 Å². The van der Waals surface area contributed by atoms with Crippen molar-refractivity contribution in [3.63, 3.8) is 0 Å². The number of nitrogens with zero attached hydrogens (tertiary/aromatic N) is 2. The first-order chi connectivity index (χ1) is 21.6. The minimum atomic E-state index is -4.19. The Bertz CT molecular complexity index is 1680. The van der Waals surface area contributed by atoms with Gasteiger partial charge in [-0.25, -0.2) is 8.42 Å². The van der Waals surface area contributed by atoms with Crippen LogP contribution in [0.2, 0.25) is 5.02 Å². The van der Waals surface area contributed by atoms with E-state index in [1.54, 1.807) is 54.6 Å². The number of halogens is 1. The fraction of sp³-hybridized carbons (Fsp3) is 0.257. The van der Waals surface area contributed by atoms with Crippen LogP contribution in [0, 0.1) is 6.92 Å². The van der Waals surface area contributed by atoms with Crippen molar-refractivity contribution in [2.45, 2.75) is 44.2 Å². The fourth-order valence-electron chi connectivity index (χ4n) is 4.87. The van der Waals surface area contributed by atoms with Crippen molar-refractivity contribution in [3.8, 4) is 5.75 Å². The molecule has 10 heteroatoms. The van der Waals surface area contributed by atoms with Crippen molar-refractivity contribution in [1.82, 2.24) is 10.2 Å². The first-order valence-electron chi connectivity index (χ1n) is 14.7. The zero-order chi connectivity index (χ0) is 32.4. The predicted molar refractivity (Wildman–Crippen MR) is 178 cm³/mol. The Morgan fingerprint density at radius 1 is 0.889 bits per heavy atom. The first kappa shape index (κ1) is 33.6. The van der Waals surface area contributed by atoms with Gasteiger partial charge in [0.25, 0.3) is 10.0 Å². The quantitative estimate of drug-likeness (QED) is 0.181. The molecule has 0 heterocycles. The predicted octanol–water partition coefficient (Wildman–Crippen LogP) is 6.02. The molecule has 1 atom stereocenters. The minimum Gasteiger partial charge on any atom is -0.497 e. The number of ether oxygens (including phenoxy) is 1. The Hall–Kier alpha value is -4.34. The monoisotopic (exact) mass is 647 g/mol. The van der Waals surface area contributed by atoms with E-state index in [1.165, 1.54) is 24.1 Å². The summed E-state index contributed by atoms with van der Waals surface area (Å²) in [6, 6.07) is 28.5. The lowest BCUT2D eigenvalue weighted by Gasteiger charge is -2.34. The largest absolute Gasteiger partial charge is 0.497 e. The van der Waals surface area contributed by atoms with Gasteiger partial charge in [-0.2, -0.15) is 0 Å². The average molecular weight is 648 g/mol. The third-order valence-electron chi connectivity index (χ3n) is 7.31. The third kappa shape index (κ3) is 8.86. The molecular formula is C35H38ClN3O5S. The Balaban J connectivity index is 1.80. The Morgan fingerprint density at radius 3 is 2.18 bits per heavy atom. The van der Waals surface area contributed by atoms with E-state index in [9.17, 15) is 18.0 Å². The summed E-state index contributed by atoms with van der Waals surface area (Å²) in [7, 11) is -2.68. The molecule has 1 unspecified atom stereocenters. The maximum atomic E-state index is 14.5. The van der Waals surface area contributed by atoms with E-state index in [4.69, 9.17) is 16.3 Å². The number of benzene rings is 4. The molecule has 0 bridgehead atoms. The number of sulfonamides is 1. The molecule has 0 radical (unpaired) electrons. The number of rotatable bonds is 14. The molecule has 0 aromatic heterocycles. The normalized spacial score (nSPS) is 11.8. The van der Waals surface area contributed by atoms with Crippen LogP contribution in [0.15, 0.2) is 108 Å². The average Bonchev–Trinajstić information content (AvgIpc) is 3.04. The van der Waals surface area contributed by atoms with Gasteiger partial charge in [-0.05, 0) is 73.0 Å². The molecule has 4 aromatic carbocycles. The van der Waals surface area contributed by atoms with E-state index in [2.05, 4.69) is 5.32 Å².